The number of fused-ring (bicyclic) bond motifs is 1. The standard InChI is InChI=1S/C20H17F6N3OS/c1-11-27-13(10-31-11)8-29(2)7-12(9-30)15-6-17(20(24,25)26)28-18-14(15)4-3-5-16(18)19(21,22)23/h3-6,9-10,12H,7-8H2,1-2H3. The van der Waals surface area contributed by atoms with Crippen LogP contribution in [0.3, 0.4) is 0 Å². The summed E-state index contributed by atoms with van der Waals surface area (Å²) in [6.45, 7) is 2.15. The maximum atomic E-state index is 13.4. The van der Waals surface area contributed by atoms with Crippen LogP contribution in [0.1, 0.15) is 33.4 Å². The van der Waals surface area contributed by atoms with Crippen LogP contribution >= 0.6 is 11.3 Å². The van der Waals surface area contributed by atoms with Gasteiger partial charge in [0.05, 0.1) is 27.7 Å². The Bertz CT molecular complexity index is 1090. The van der Waals surface area contributed by atoms with Gasteiger partial charge in [-0.2, -0.15) is 26.3 Å². The summed E-state index contributed by atoms with van der Waals surface area (Å²) in [5.74, 6) is -1.10. The van der Waals surface area contributed by atoms with Crippen LogP contribution < -0.4 is 0 Å². The van der Waals surface area contributed by atoms with Crippen molar-refractivity contribution in [2.24, 2.45) is 0 Å². The number of nitrogens with zero attached hydrogens (tertiary/aromatic N) is 3. The summed E-state index contributed by atoms with van der Waals surface area (Å²) >= 11 is 1.43. The van der Waals surface area contributed by atoms with Crippen LogP contribution in [0, 0.1) is 6.92 Å². The molecule has 0 aliphatic carbocycles. The predicted molar refractivity (Wildman–Crippen MR) is 104 cm³/mol. The van der Waals surface area contributed by atoms with E-state index in [0.717, 1.165) is 16.8 Å². The Balaban J connectivity index is 2.08. The Morgan fingerprint density at radius 2 is 1.84 bits per heavy atom. The molecule has 4 nitrogen and oxygen atoms in total. The van der Waals surface area contributed by atoms with E-state index in [1.807, 2.05) is 12.3 Å². The lowest BCUT2D eigenvalue weighted by molar-refractivity contribution is -0.142. The van der Waals surface area contributed by atoms with Crippen molar-refractivity contribution >= 4 is 28.5 Å². The second-order valence-electron chi connectivity index (χ2n) is 7.09. The Morgan fingerprint density at radius 1 is 1.13 bits per heavy atom. The normalized spacial score (nSPS) is 13.7. The molecule has 0 bridgehead atoms. The number of aldehydes is 1. The summed E-state index contributed by atoms with van der Waals surface area (Å²) in [5.41, 5.74) is -3.02. The molecule has 0 N–H and O–H groups in total. The third-order valence-corrected chi connectivity index (χ3v) is 5.46. The molecule has 31 heavy (non-hydrogen) atoms. The molecular formula is C20H17F6N3OS. The van der Waals surface area contributed by atoms with Crippen molar-refractivity contribution in [1.82, 2.24) is 14.9 Å². The smallest absolute Gasteiger partial charge is 0.303 e. The lowest BCUT2D eigenvalue weighted by atomic mass is 9.93. The van der Waals surface area contributed by atoms with Gasteiger partial charge in [0, 0.05) is 23.9 Å². The van der Waals surface area contributed by atoms with Crippen LogP contribution in [0.4, 0.5) is 26.3 Å². The number of hydrogen-bond donors (Lipinski definition) is 0. The number of pyridine rings is 1. The first-order chi connectivity index (χ1) is 14.4. The number of para-hydroxylation sites is 1. The number of hydrogen-bond acceptors (Lipinski definition) is 5. The van der Waals surface area contributed by atoms with Gasteiger partial charge >= 0.3 is 12.4 Å². The second-order valence-corrected chi connectivity index (χ2v) is 8.15. The fourth-order valence-electron chi connectivity index (χ4n) is 3.33. The van der Waals surface area contributed by atoms with E-state index >= 15 is 0 Å². The van der Waals surface area contributed by atoms with Crippen molar-refractivity contribution < 1.29 is 31.1 Å². The highest BCUT2D eigenvalue weighted by Crippen LogP contribution is 2.39. The lowest BCUT2D eigenvalue weighted by Gasteiger charge is -2.22. The third kappa shape index (κ3) is 5.21. The number of carbonyl (C=O) groups excluding carboxylic acids is 1. The van der Waals surface area contributed by atoms with Crippen molar-refractivity contribution in [2.45, 2.75) is 31.7 Å². The lowest BCUT2D eigenvalue weighted by Crippen LogP contribution is -2.26. The second kappa shape index (κ2) is 8.54. The molecule has 0 radical (unpaired) electrons. The first-order valence-electron chi connectivity index (χ1n) is 9.03. The largest absolute Gasteiger partial charge is 0.433 e. The minimum absolute atomic E-state index is 0.00721. The van der Waals surface area contributed by atoms with Gasteiger partial charge in [-0.1, -0.05) is 12.1 Å². The van der Waals surface area contributed by atoms with E-state index < -0.39 is 35.0 Å². The molecule has 2 aromatic heterocycles. The molecule has 0 aliphatic rings. The SMILES string of the molecule is Cc1nc(CN(C)CC(C=O)c2cc(C(F)(F)F)nc3c(C(F)(F)F)cccc23)cs1. The van der Waals surface area contributed by atoms with Crippen LogP contribution in [0.5, 0.6) is 0 Å². The topological polar surface area (TPSA) is 46.1 Å². The fraction of sp³-hybridized carbons (Fsp3) is 0.350. The molecule has 166 valence electrons. The van der Waals surface area contributed by atoms with E-state index in [9.17, 15) is 31.1 Å². The molecule has 0 aliphatic heterocycles. The molecule has 0 amide bonds. The summed E-state index contributed by atoms with van der Waals surface area (Å²) in [4.78, 5) is 21.1. The zero-order valence-corrected chi connectivity index (χ0v) is 17.2. The van der Waals surface area contributed by atoms with Crippen LogP contribution in [-0.4, -0.2) is 34.7 Å². The van der Waals surface area contributed by atoms with E-state index in [-0.39, 0.29) is 17.5 Å². The van der Waals surface area contributed by atoms with Crippen molar-refractivity contribution in [3.8, 4) is 0 Å². The highest BCUT2D eigenvalue weighted by Gasteiger charge is 2.38. The van der Waals surface area contributed by atoms with Crippen molar-refractivity contribution in [2.75, 3.05) is 13.6 Å². The van der Waals surface area contributed by atoms with Crippen molar-refractivity contribution in [3.05, 3.63) is 57.2 Å². The minimum atomic E-state index is -4.97. The van der Waals surface area contributed by atoms with Crippen LogP contribution in [0.25, 0.3) is 10.9 Å². The number of rotatable bonds is 6. The average Bonchev–Trinajstić information content (AvgIpc) is 3.07. The highest BCUT2D eigenvalue weighted by atomic mass is 32.1. The van der Waals surface area contributed by atoms with E-state index in [2.05, 4.69) is 9.97 Å². The van der Waals surface area contributed by atoms with Gasteiger partial charge < -0.3 is 4.79 Å². The van der Waals surface area contributed by atoms with E-state index in [4.69, 9.17) is 0 Å². The fourth-order valence-corrected chi connectivity index (χ4v) is 3.93. The summed E-state index contributed by atoms with van der Waals surface area (Å²) in [7, 11) is 1.65. The first-order valence-corrected chi connectivity index (χ1v) is 9.91. The van der Waals surface area contributed by atoms with Gasteiger partial charge in [-0.25, -0.2) is 9.97 Å². The van der Waals surface area contributed by atoms with Gasteiger partial charge in [0.15, 0.2) is 0 Å². The average molecular weight is 461 g/mol. The Hall–Kier alpha value is -2.53. The highest BCUT2D eigenvalue weighted by molar-refractivity contribution is 7.09. The van der Waals surface area contributed by atoms with Gasteiger partial charge in [-0.05, 0) is 31.7 Å². The number of halogens is 6. The molecule has 0 saturated heterocycles. The van der Waals surface area contributed by atoms with Crippen LogP contribution in [0.15, 0.2) is 29.6 Å². The molecule has 11 heteroatoms. The number of thiazole rings is 1. The molecule has 0 spiro atoms. The molecule has 1 atom stereocenters. The first kappa shape index (κ1) is 23.1. The number of carbonyl (C=O) groups is 1. The zero-order chi connectivity index (χ0) is 23.0. The molecular weight excluding hydrogens is 444 g/mol. The number of likely N-dealkylation sites (N-methyl/N-ethyl adjacent to an activating group) is 1. The Morgan fingerprint density at radius 3 is 2.39 bits per heavy atom. The maximum Gasteiger partial charge on any atom is 0.433 e. The number of alkyl halides is 6. The molecule has 1 aromatic carbocycles. The maximum absolute atomic E-state index is 13.4. The molecule has 3 rings (SSSR count). The monoisotopic (exact) mass is 461 g/mol. The Labute approximate surface area is 177 Å². The molecule has 1 unspecified atom stereocenters. The van der Waals surface area contributed by atoms with E-state index in [0.29, 0.717) is 25.0 Å². The quantitative estimate of drug-likeness (QED) is 0.362. The zero-order valence-electron chi connectivity index (χ0n) is 16.4. The van der Waals surface area contributed by atoms with E-state index in [1.54, 1.807) is 11.9 Å². The van der Waals surface area contributed by atoms with E-state index in [1.165, 1.54) is 17.4 Å². The van der Waals surface area contributed by atoms with Crippen molar-refractivity contribution in [1.29, 1.82) is 0 Å². The number of benzene rings is 1. The van der Waals surface area contributed by atoms with Gasteiger partial charge in [-0.15, -0.1) is 11.3 Å². The molecule has 2 heterocycles. The summed E-state index contributed by atoms with van der Waals surface area (Å²) in [6, 6.07) is 3.66. The van der Waals surface area contributed by atoms with Gasteiger partial charge in [-0.3, -0.25) is 4.90 Å². The van der Waals surface area contributed by atoms with Crippen molar-refractivity contribution in [3.63, 3.8) is 0 Å². The third-order valence-electron chi connectivity index (χ3n) is 4.64. The molecule has 3 aromatic rings. The summed E-state index contributed by atoms with van der Waals surface area (Å²) in [5, 5.41) is 2.52. The van der Waals surface area contributed by atoms with Crippen LogP contribution in [-0.2, 0) is 23.7 Å². The molecule has 0 fully saturated rings. The molecule has 0 saturated carbocycles. The minimum Gasteiger partial charge on any atom is -0.303 e. The summed E-state index contributed by atoms with van der Waals surface area (Å²) in [6.07, 6.45) is -9.43. The number of aromatic nitrogens is 2. The predicted octanol–water partition coefficient (Wildman–Crippen LogP) is 5.45. The Kier molecular flexibility index (Phi) is 6.38. The number of aryl methyl sites for hydroxylation is 1. The van der Waals surface area contributed by atoms with Gasteiger partial charge in [0.25, 0.3) is 0 Å². The van der Waals surface area contributed by atoms with Crippen LogP contribution in [0.2, 0.25) is 0 Å². The van der Waals surface area contributed by atoms with Gasteiger partial charge in [0.2, 0.25) is 0 Å². The summed E-state index contributed by atoms with van der Waals surface area (Å²) < 4.78 is 80.4. The van der Waals surface area contributed by atoms with Gasteiger partial charge in [0.1, 0.15) is 12.0 Å².